The highest BCUT2D eigenvalue weighted by atomic mass is 19.2. The Kier molecular flexibility index (Phi) is 4.42. The Morgan fingerprint density at radius 3 is 1.81 bits per heavy atom. The molecule has 2 nitrogen and oxygen atoms in total. The molecule has 2 rings (SSSR count). The minimum atomic E-state index is -2.23. The predicted octanol–water partition coefficient (Wildman–Crippen LogP) is 3.46. The van der Waals surface area contributed by atoms with Crippen molar-refractivity contribution in [1.29, 1.82) is 0 Å². The number of nitrogens with two attached hydrogens (primary N) is 1. The smallest absolute Gasteiger partial charge is 0.206 e. The van der Waals surface area contributed by atoms with Crippen LogP contribution in [0.3, 0.4) is 0 Å². The highest BCUT2D eigenvalue weighted by Crippen LogP contribution is 2.29. The third-order valence-corrected chi connectivity index (χ3v) is 2.80. The molecule has 1 atom stereocenters. The number of benzene rings is 2. The zero-order valence-electron chi connectivity index (χ0n) is 10.5. The van der Waals surface area contributed by atoms with Gasteiger partial charge in [-0.05, 0) is 5.56 Å². The van der Waals surface area contributed by atoms with Gasteiger partial charge in [-0.1, -0.05) is 30.3 Å². The van der Waals surface area contributed by atoms with E-state index in [9.17, 15) is 22.0 Å². The molecule has 2 N–H and O–H groups in total. The molecule has 0 amide bonds. The van der Waals surface area contributed by atoms with Crippen molar-refractivity contribution in [1.82, 2.24) is 0 Å². The Bertz CT molecular complexity index is 619. The quantitative estimate of drug-likeness (QED) is 0.533. The molecule has 2 aromatic rings. The van der Waals surface area contributed by atoms with Crippen LogP contribution < -0.4 is 10.5 Å². The van der Waals surface area contributed by atoms with Crippen LogP contribution in [0.4, 0.5) is 22.0 Å². The van der Waals surface area contributed by atoms with Crippen molar-refractivity contribution in [3.05, 3.63) is 65.0 Å². The van der Waals surface area contributed by atoms with Gasteiger partial charge in [0.1, 0.15) is 6.61 Å². The van der Waals surface area contributed by atoms with Gasteiger partial charge in [-0.3, -0.25) is 0 Å². The maximum Gasteiger partial charge on any atom is 0.206 e. The largest absolute Gasteiger partial charge is 0.485 e. The second-order valence-corrected chi connectivity index (χ2v) is 4.23. The Labute approximate surface area is 116 Å². The zero-order chi connectivity index (χ0) is 15.6. The Morgan fingerprint density at radius 2 is 1.29 bits per heavy atom. The number of rotatable bonds is 4. The van der Waals surface area contributed by atoms with Gasteiger partial charge in [0, 0.05) is 0 Å². The molecule has 1 unspecified atom stereocenters. The first-order chi connectivity index (χ1) is 9.93. The van der Waals surface area contributed by atoms with E-state index >= 15 is 0 Å². The fourth-order valence-corrected chi connectivity index (χ4v) is 1.68. The van der Waals surface area contributed by atoms with Crippen molar-refractivity contribution in [3.8, 4) is 5.75 Å². The van der Waals surface area contributed by atoms with Gasteiger partial charge in [-0.25, -0.2) is 13.2 Å². The van der Waals surface area contributed by atoms with Crippen molar-refractivity contribution in [3.63, 3.8) is 0 Å². The Balaban J connectivity index is 2.21. The number of hydrogen-bond acceptors (Lipinski definition) is 2. The molecule has 0 fully saturated rings. The maximum atomic E-state index is 13.4. The molecule has 0 aromatic heterocycles. The average Bonchev–Trinajstić information content (AvgIpc) is 2.51. The summed E-state index contributed by atoms with van der Waals surface area (Å²) in [4.78, 5) is 0. The van der Waals surface area contributed by atoms with Crippen molar-refractivity contribution in [2.75, 3.05) is 6.61 Å². The van der Waals surface area contributed by atoms with Gasteiger partial charge in [0.15, 0.2) is 5.75 Å². The topological polar surface area (TPSA) is 35.2 Å². The van der Waals surface area contributed by atoms with Crippen molar-refractivity contribution in [2.24, 2.45) is 5.73 Å². The van der Waals surface area contributed by atoms with Crippen LogP contribution in [0.2, 0.25) is 0 Å². The Morgan fingerprint density at radius 1 is 0.810 bits per heavy atom. The molecule has 0 bridgehead atoms. The van der Waals surface area contributed by atoms with Gasteiger partial charge in [-0.2, -0.15) is 8.78 Å². The molecule has 7 heteroatoms. The molecule has 2 aromatic carbocycles. The minimum Gasteiger partial charge on any atom is -0.485 e. The maximum absolute atomic E-state index is 13.4. The number of ether oxygens (including phenoxy) is 1. The van der Waals surface area contributed by atoms with Gasteiger partial charge < -0.3 is 10.5 Å². The molecule has 112 valence electrons. The second-order valence-electron chi connectivity index (χ2n) is 4.23. The fourth-order valence-electron chi connectivity index (χ4n) is 1.68. The first-order valence-corrected chi connectivity index (χ1v) is 5.88. The molecule has 0 saturated heterocycles. The van der Waals surface area contributed by atoms with Crippen LogP contribution in [0.15, 0.2) is 30.3 Å². The lowest BCUT2D eigenvalue weighted by Gasteiger charge is -2.15. The summed E-state index contributed by atoms with van der Waals surface area (Å²) in [5, 5.41) is 0. The van der Waals surface area contributed by atoms with Crippen molar-refractivity contribution >= 4 is 0 Å². The SMILES string of the molecule is NC(COc1c(F)c(F)c(F)c(F)c1F)c1ccccc1. The summed E-state index contributed by atoms with van der Waals surface area (Å²) in [5.41, 5.74) is 6.32. The van der Waals surface area contributed by atoms with Gasteiger partial charge in [0.2, 0.25) is 29.1 Å². The van der Waals surface area contributed by atoms with Crippen LogP contribution in [0.5, 0.6) is 5.75 Å². The highest BCUT2D eigenvalue weighted by Gasteiger charge is 2.27. The first-order valence-electron chi connectivity index (χ1n) is 5.88. The molecular formula is C14H10F5NO. The van der Waals surface area contributed by atoms with Crippen LogP contribution in [-0.4, -0.2) is 6.61 Å². The summed E-state index contributed by atoms with van der Waals surface area (Å²) >= 11 is 0. The summed E-state index contributed by atoms with van der Waals surface area (Å²) in [5.74, 6) is -11.7. The van der Waals surface area contributed by atoms with Crippen LogP contribution in [0.25, 0.3) is 0 Å². The van der Waals surface area contributed by atoms with E-state index in [0.717, 1.165) is 0 Å². The monoisotopic (exact) mass is 303 g/mol. The van der Waals surface area contributed by atoms with E-state index in [4.69, 9.17) is 5.73 Å². The van der Waals surface area contributed by atoms with E-state index in [1.807, 2.05) is 0 Å². The number of halogens is 5. The van der Waals surface area contributed by atoms with E-state index in [2.05, 4.69) is 4.74 Å². The molecule has 21 heavy (non-hydrogen) atoms. The predicted molar refractivity (Wildman–Crippen MR) is 65.1 cm³/mol. The van der Waals surface area contributed by atoms with Crippen LogP contribution in [0.1, 0.15) is 11.6 Å². The van der Waals surface area contributed by atoms with Crippen LogP contribution in [0, 0.1) is 29.1 Å². The summed E-state index contributed by atoms with van der Waals surface area (Å²) in [6.07, 6.45) is 0. The molecule has 0 aliphatic carbocycles. The van der Waals surface area contributed by atoms with Crippen molar-refractivity contribution in [2.45, 2.75) is 6.04 Å². The van der Waals surface area contributed by atoms with Gasteiger partial charge in [0.05, 0.1) is 6.04 Å². The van der Waals surface area contributed by atoms with Gasteiger partial charge >= 0.3 is 0 Å². The molecule has 0 saturated carbocycles. The molecule has 0 aliphatic heterocycles. The summed E-state index contributed by atoms with van der Waals surface area (Å²) in [7, 11) is 0. The summed E-state index contributed by atoms with van der Waals surface area (Å²) in [6, 6.07) is 7.63. The lowest BCUT2D eigenvalue weighted by Crippen LogP contribution is -2.20. The van der Waals surface area contributed by atoms with E-state index in [1.165, 1.54) is 0 Å². The van der Waals surface area contributed by atoms with E-state index < -0.39 is 47.5 Å². The third-order valence-electron chi connectivity index (χ3n) is 2.80. The van der Waals surface area contributed by atoms with Crippen LogP contribution >= 0.6 is 0 Å². The normalized spacial score (nSPS) is 12.3. The highest BCUT2D eigenvalue weighted by molar-refractivity contribution is 5.30. The fraction of sp³-hybridized carbons (Fsp3) is 0.143. The average molecular weight is 303 g/mol. The number of hydrogen-bond donors (Lipinski definition) is 1. The van der Waals surface area contributed by atoms with E-state index in [0.29, 0.717) is 5.56 Å². The molecule has 0 aliphatic rings. The van der Waals surface area contributed by atoms with Gasteiger partial charge in [-0.15, -0.1) is 0 Å². The molecule has 0 heterocycles. The summed E-state index contributed by atoms with van der Waals surface area (Å²) in [6.45, 7) is -0.442. The standard InChI is InChI=1S/C14H10F5NO/c15-9-10(16)12(18)14(13(19)11(9)17)21-6-8(20)7-4-2-1-3-5-7/h1-5,8H,6,20H2. The second kappa shape index (κ2) is 6.09. The van der Waals surface area contributed by atoms with E-state index in [-0.39, 0.29) is 0 Å². The zero-order valence-corrected chi connectivity index (χ0v) is 10.5. The molecule has 0 spiro atoms. The minimum absolute atomic E-state index is 0.442. The Hall–Kier alpha value is -2.15. The van der Waals surface area contributed by atoms with E-state index in [1.54, 1.807) is 30.3 Å². The first kappa shape index (κ1) is 15.2. The van der Waals surface area contributed by atoms with Crippen LogP contribution in [-0.2, 0) is 0 Å². The van der Waals surface area contributed by atoms with Crippen molar-refractivity contribution < 1.29 is 26.7 Å². The lowest BCUT2D eigenvalue weighted by atomic mass is 10.1. The third kappa shape index (κ3) is 2.97. The van der Waals surface area contributed by atoms with Gasteiger partial charge in [0.25, 0.3) is 0 Å². The summed E-state index contributed by atoms with van der Waals surface area (Å²) < 4.78 is 70.2. The molecule has 0 radical (unpaired) electrons. The molecular weight excluding hydrogens is 293 g/mol. The lowest BCUT2D eigenvalue weighted by molar-refractivity contribution is 0.246.